The molecule has 0 aliphatic carbocycles. The number of hydrogen-bond acceptors (Lipinski definition) is 13. The molecular formula is C38H69N11O10S. The van der Waals surface area contributed by atoms with Gasteiger partial charge in [0, 0.05) is 5.75 Å². The molecule has 0 saturated heterocycles. The zero-order valence-corrected chi connectivity index (χ0v) is 37.2. The number of amides is 9. The van der Waals surface area contributed by atoms with E-state index < -0.39 is 127 Å². The number of nitrogens with two attached hydrogens (primary N) is 2. The summed E-state index contributed by atoms with van der Waals surface area (Å²) in [4.78, 5) is 126. The minimum absolute atomic E-state index is 0.171. The van der Waals surface area contributed by atoms with Gasteiger partial charge in [-0.25, -0.2) is 0 Å². The van der Waals surface area contributed by atoms with E-state index in [4.69, 9.17) is 11.5 Å². The van der Waals surface area contributed by atoms with E-state index in [0.717, 1.165) is 0 Å². The van der Waals surface area contributed by atoms with Gasteiger partial charge in [0.25, 0.3) is 0 Å². The van der Waals surface area contributed by atoms with E-state index in [2.05, 4.69) is 60.5 Å². The van der Waals surface area contributed by atoms with Crippen LogP contribution in [-0.2, 0) is 47.9 Å². The third-order valence-corrected chi connectivity index (χ3v) is 9.48. The van der Waals surface area contributed by atoms with Crippen molar-refractivity contribution in [1.29, 1.82) is 0 Å². The molecule has 21 nitrogen and oxygen atoms in total. The summed E-state index contributed by atoms with van der Waals surface area (Å²) in [6.45, 7) is 13.9. The average Bonchev–Trinajstić information content (AvgIpc) is 3.18. The summed E-state index contributed by atoms with van der Waals surface area (Å²) in [5.41, 5.74) is 11.4. The third-order valence-electron chi connectivity index (χ3n) is 9.12. The summed E-state index contributed by atoms with van der Waals surface area (Å²) in [6, 6.07) is -7.13. The van der Waals surface area contributed by atoms with Gasteiger partial charge >= 0.3 is 0 Å². The Kier molecular flexibility index (Phi) is 26.3. The lowest BCUT2D eigenvalue weighted by atomic mass is 9.98. The van der Waals surface area contributed by atoms with Gasteiger partial charge in [-0.2, -0.15) is 12.6 Å². The summed E-state index contributed by atoms with van der Waals surface area (Å²) in [5.74, 6) is -7.68. The molecule has 0 rings (SSSR count). The fourth-order valence-electron chi connectivity index (χ4n) is 5.26. The first-order chi connectivity index (χ1) is 28.0. The fraction of sp³-hybridized carbons (Fsp3) is 0.737. The Bertz CT molecular complexity index is 1480. The zero-order valence-electron chi connectivity index (χ0n) is 36.3. The normalized spacial score (nSPS) is 14.7. The van der Waals surface area contributed by atoms with E-state index in [1.54, 1.807) is 55.4 Å². The van der Waals surface area contributed by atoms with Crippen molar-refractivity contribution in [2.75, 3.05) is 31.9 Å². The number of rotatable bonds is 28. The summed E-state index contributed by atoms with van der Waals surface area (Å²) < 4.78 is 0. The van der Waals surface area contributed by atoms with Gasteiger partial charge in [0.1, 0.15) is 36.5 Å². The van der Waals surface area contributed by atoms with Gasteiger partial charge in [-0.15, -0.1) is 0 Å². The highest BCUT2D eigenvalue weighted by Gasteiger charge is 2.32. The molecule has 0 aliphatic rings. The Morgan fingerprint density at radius 1 is 0.517 bits per heavy atom. The van der Waals surface area contributed by atoms with E-state index in [1.165, 1.54) is 6.92 Å². The standard InChI is InChI=1S/C38H69N11O10S/c1-19(2)29(40)35(56)48-32(22(7)8)38(59)49-31(21(5)6)37(58)42-14-26(51)44-23(9)33(54)46-25(18-60)34(55)41-16-28(53)47-30(20(3)4)36(57)43-15-27(52)45-24(17-50)12-10-11-13-39/h17,19-25,29-32,60H,10-16,18,39-40H2,1-9H3,(H,41,55)(H,42,58)(H,43,57)(H,44,51)(H,45,52)(H,46,54)(H,47,53)(H,48,56)(H,49,59)/t23-,24-,25-,29-,30-,31-,32-/m0/s1. The molecule has 7 atom stereocenters. The first-order valence-electron chi connectivity index (χ1n) is 20.1. The van der Waals surface area contributed by atoms with E-state index in [9.17, 15) is 47.9 Å². The van der Waals surface area contributed by atoms with Crippen molar-refractivity contribution in [2.45, 2.75) is 124 Å². The van der Waals surface area contributed by atoms with Crippen molar-refractivity contribution in [2.24, 2.45) is 35.1 Å². The number of hydrogen-bond donors (Lipinski definition) is 12. The summed E-state index contributed by atoms with van der Waals surface area (Å²) >= 11 is 4.10. The molecule has 22 heteroatoms. The molecule has 0 heterocycles. The van der Waals surface area contributed by atoms with Crippen molar-refractivity contribution >= 4 is 72.1 Å². The number of unbranched alkanes of at least 4 members (excludes halogenated alkanes) is 1. The molecule has 0 spiro atoms. The van der Waals surface area contributed by atoms with Crippen LogP contribution in [0.4, 0.5) is 0 Å². The van der Waals surface area contributed by atoms with Crippen LogP contribution >= 0.6 is 12.6 Å². The fourth-order valence-corrected chi connectivity index (χ4v) is 5.52. The van der Waals surface area contributed by atoms with Crippen LogP contribution in [0.15, 0.2) is 0 Å². The molecule has 0 aromatic heterocycles. The summed E-state index contributed by atoms with van der Waals surface area (Å²) in [6.07, 6.45) is 2.32. The quantitative estimate of drug-likeness (QED) is 0.0207. The van der Waals surface area contributed by atoms with Crippen LogP contribution in [0.5, 0.6) is 0 Å². The molecule has 13 N–H and O–H groups in total. The Hall–Kier alpha value is -4.83. The van der Waals surface area contributed by atoms with Crippen LogP contribution in [0.1, 0.15) is 81.6 Å². The van der Waals surface area contributed by atoms with Crippen LogP contribution in [0.2, 0.25) is 0 Å². The number of aldehydes is 1. The smallest absolute Gasteiger partial charge is 0.243 e. The minimum atomic E-state index is -1.24. The highest BCUT2D eigenvalue weighted by atomic mass is 32.1. The maximum Gasteiger partial charge on any atom is 0.243 e. The second-order valence-electron chi connectivity index (χ2n) is 15.8. The van der Waals surface area contributed by atoms with Gasteiger partial charge in [0.05, 0.1) is 31.7 Å². The van der Waals surface area contributed by atoms with E-state index in [-0.39, 0.29) is 17.6 Å². The number of thiol groups is 1. The van der Waals surface area contributed by atoms with Crippen LogP contribution in [0, 0.1) is 23.7 Å². The van der Waals surface area contributed by atoms with E-state index >= 15 is 0 Å². The molecular weight excluding hydrogens is 803 g/mol. The predicted octanol–water partition coefficient (Wildman–Crippen LogP) is -3.53. The van der Waals surface area contributed by atoms with Crippen LogP contribution in [0.25, 0.3) is 0 Å². The molecule has 0 aromatic rings. The highest BCUT2D eigenvalue weighted by molar-refractivity contribution is 7.80. The maximum absolute atomic E-state index is 13.2. The Morgan fingerprint density at radius 2 is 0.950 bits per heavy atom. The molecule has 0 saturated carbocycles. The molecule has 9 amide bonds. The topological polar surface area (TPSA) is 331 Å². The van der Waals surface area contributed by atoms with Crippen molar-refractivity contribution < 1.29 is 47.9 Å². The van der Waals surface area contributed by atoms with Gasteiger partial charge in [-0.05, 0) is 56.4 Å². The number of carbonyl (C=O) groups excluding carboxylic acids is 10. The molecule has 0 unspecified atom stereocenters. The van der Waals surface area contributed by atoms with Crippen molar-refractivity contribution in [3.8, 4) is 0 Å². The minimum Gasteiger partial charge on any atom is -0.345 e. The predicted molar refractivity (Wildman–Crippen MR) is 226 cm³/mol. The number of carbonyl (C=O) groups is 10. The SMILES string of the molecule is CC(C)[C@H](N)C(=O)N[C@H](C(=O)N[C@H](C(=O)NCC(=O)N[C@@H](C)C(=O)N[C@@H](CS)C(=O)NCC(=O)N[C@H](C(=O)NCC(=O)N[C@H](C=O)CCCCN)C(C)C)C(C)C)C(C)C. The second kappa shape index (κ2) is 28.6. The lowest BCUT2D eigenvalue weighted by Gasteiger charge is -2.28. The van der Waals surface area contributed by atoms with Gasteiger partial charge in [-0.1, -0.05) is 55.4 Å². The molecule has 0 fully saturated rings. The Balaban J connectivity index is 5.11. The lowest BCUT2D eigenvalue weighted by Crippen LogP contribution is -2.59. The number of nitrogens with one attached hydrogen (secondary N) is 9. The zero-order chi connectivity index (χ0) is 46.3. The van der Waals surface area contributed by atoms with Crippen molar-refractivity contribution in [3.05, 3.63) is 0 Å². The third kappa shape index (κ3) is 20.9. The maximum atomic E-state index is 13.2. The second-order valence-corrected chi connectivity index (χ2v) is 16.2. The van der Waals surface area contributed by atoms with Gasteiger partial charge in [0.2, 0.25) is 53.2 Å². The molecule has 0 aromatic carbocycles. The van der Waals surface area contributed by atoms with E-state index in [1.807, 2.05) is 0 Å². The van der Waals surface area contributed by atoms with Crippen molar-refractivity contribution in [3.63, 3.8) is 0 Å². The molecule has 0 radical (unpaired) electrons. The monoisotopic (exact) mass is 871 g/mol. The van der Waals surface area contributed by atoms with Gasteiger partial charge < -0.3 is 64.1 Å². The van der Waals surface area contributed by atoms with Crippen molar-refractivity contribution in [1.82, 2.24) is 47.9 Å². The first-order valence-corrected chi connectivity index (χ1v) is 20.8. The van der Waals surface area contributed by atoms with Crippen LogP contribution in [-0.4, -0.2) is 134 Å². The Labute approximate surface area is 358 Å². The summed E-state index contributed by atoms with van der Waals surface area (Å²) in [7, 11) is 0. The molecule has 0 aliphatic heterocycles. The van der Waals surface area contributed by atoms with E-state index in [0.29, 0.717) is 32.1 Å². The van der Waals surface area contributed by atoms with Gasteiger partial charge in [0.15, 0.2) is 0 Å². The molecule has 342 valence electrons. The Morgan fingerprint density at radius 3 is 1.40 bits per heavy atom. The highest BCUT2D eigenvalue weighted by Crippen LogP contribution is 2.09. The first kappa shape index (κ1) is 55.2. The molecule has 0 bridgehead atoms. The van der Waals surface area contributed by atoms with Gasteiger partial charge in [-0.3, -0.25) is 43.2 Å². The largest absolute Gasteiger partial charge is 0.345 e. The van der Waals surface area contributed by atoms with Crippen LogP contribution < -0.4 is 59.3 Å². The summed E-state index contributed by atoms with van der Waals surface area (Å²) in [5, 5.41) is 22.3. The molecule has 60 heavy (non-hydrogen) atoms. The van der Waals surface area contributed by atoms with Crippen LogP contribution in [0.3, 0.4) is 0 Å². The lowest BCUT2D eigenvalue weighted by molar-refractivity contribution is -0.135. The average molecular weight is 872 g/mol.